The second-order valence-electron chi connectivity index (χ2n) is 7.98. The molecule has 29 heavy (non-hydrogen) atoms. The van der Waals surface area contributed by atoms with Crippen molar-refractivity contribution >= 4 is 17.5 Å². The van der Waals surface area contributed by atoms with E-state index in [0.29, 0.717) is 22.5 Å². The number of nitrogens with one attached hydrogen (secondary N) is 1. The van der Waals surface area contributed by atoms with Crippen LogP contribution in [-0.2, 0) is 17.5 Å². The first-order valence-electron chi connectivity index (χ1n) is 9.85. The maximum Gasteiger partial charge on any atom is 0.435 e. The number of alkyl halides is 3. The Morgan fingerprint density at radius 1 is 1.24 bits per heavy atom. The zero-order valence-electron chi connectivity index (χ0n) is 16.5. The van der Waals surface area contributed by atoms with E-state index in [1.54, 1.807) is 18.2 Å². The largest absolute Gasteiger partial charge is 0.435 e. The van der Waals surface area contributed by atoms with Gasteiger partial charge >= 0.3 is 6.18 Å². The Morgan fingerprint density at radius 2 is 1.93 bits per heavy atom. The van der Waals surface area contributed by atoms with E-state index in [0.717, 1.165) is 31.7 Å². The van der Waals surface area contributed by atoms with E-state index in [1.165, 1.54) is 10.7 Å². The van der Waals surface area contributed by atoms with E-state index in [-0.39, 0.29) is 24.1 Å². The van der Waals surface area contributed by atoms with Gasteiger partial charge in [0.25, 0.3) is 0 Å². The van der Waals surface area contributed by atoms with Gasteiger partial charge in [-0.25, -0.2) is 4.68 Å². The molecule has 0 atom stereocenters. The predicted octanol–water partition coefficient (Wildman–Crippen LogP) is 5.62. The number of nitrogens with zero attached hydrogens (tertiary/aromatic N) is 2. The second kappa shape index (κ2) is 8.78. The van der Waals surface area contributed by atoms with Gasteiger partial charge in [0.15, 0.2) is 5.69 Å². The minimum Gasteiger partial charge on any atom is -0.350 e. The molecule has 2 aromatic rings. The number of aromatic nitrogens is 2. The highest BCUT2D eigenvalue weighted by Gasteiger charge is 2.35. The standard InChI is InChI=1S/C21H25ClF3N3O/c1-13(2)14-6-8-15(9-7-14)20(29)26-12-18-11-19(21(23,24)25)27-28(18)17-5-3-4-16(22)10-17/h3-5,10-11,13-15H,6-9,12H2,1-2H3,(H,26,29). The summed E-state index contributed by atoms with van der Waals surface area (Å²) in [6, 6.07) is 7.40. The lowest BCUT2D eigenvalue weighted by Gasteiger charge is -2.30. The van der Waals surface area contributed by atoms with Gasteiger partial charge in [-0.15, -0.1) is 0 Å². The molecule has 158 valence electrons. The number of amides is 1. The van der Waals surface area contributed by atoms with Crippen LogP contribution in [0.1, 0.15) is 50.9 Å². The van der Waals surface area contributed by atoms with Crippen LogP contribution in [0.4, 0.5) is 13.2 Å². The van der Waals surface area contributed by atoms with Crippen molar-refractivity contribution in [2.45, 2.75) is 52.3 Å². The van der Waals surface area contributed by atoms with E-state index < -0.39 is 11.9 Å². The number of benzene rings is 1. The van der Waals surface area contributed by atoms with Crippen LogP contribution in [0.2, 0.25) is 5.02 Å². The summed E-state index contributed by atoms with van der Waals surface area (Å²) in [7, 11) is 0. The topological polar surface area (TPSA) is 46.9 Å². The average molecular weight is 428 g/mol. The molecule has 1 N–H and O–H groups in total. The first kappa shape index (κ1) is 21.7. The Bertz CT molecular complexity index is 855. The molecule has 1 fully saturated rings. The van der Waals surface area contributed by atoms with E-state index in [2.05, 4.69) is 24.3 Å². The maximum atomic E-state index is 13.2. The Hall–Kier alpha value is -2.02. The Kier molecular flexibility index (Phi) is 6.56. The van der Waals surface area contributed by atoms with E-state index in [1.807, 2.05) is 0 Å². The third-order valence-corrected chi connectivity index (χ3v) is 5.89. The lowest BCUT2D eigenvalue weighted by Crippen LogP contribution is -2.34. The number of rotatable bonds is 5. The minimum atomic E-state index is -4.57. The maximum absolute atomic E-state index is 13.2. The van der Waals surface area contributed by atoms with E-state index in [4.69, 9.17) is 11.6 Å². The molecule has 0 spiro atoms. The van der Waals surface area contributed by atoms with Crippen LogP contribution < -0.4 is 5.32 Å². The number of hydrogen-bond donors (Lipinski definition) is 1. The minimum absolute atomic E-state index is 0.0292. The molecule has 0 saturated heterocycles. The molecular formula is C21H25ClF3N3O. The van der Waals surface area contributed by atoms with Gasteiger partial charge in [-0.3, -0.25) is 4.79 Å². The highest BCUT2D eigenvalue weighted by molar-refractivity contribution is 6.30. The highest BCUT2D eigenvalue weighted by Crippen LogP contribution is 2.33. The fourth-order valence-electron chi connectivity index (χ4n) is 3.89. The third-order valence-electron chi connectivity index (χ3n) is 5.66. The van der Waals surface area contributed by atoms with Crippen LogP contribution in [0.3, 0.4) is 0 Å². The van der Waals surface area contributed by atoms with Crippen LogP contribution in [0.5, 0.6) is 0 Å². The number of hydrogen-bond acceptors (Lipinski definition) is 2. The summed E-state index contributed by atoms with van der Waals surface area (Å²) in [6.45, 7) is 4.36. The molecule has 1 heterocycles. The Balaban J connectivity index is 1.73. The van der Waals surface area contributed by atoms with Gasteiger partial charge in [0.05, 0.1) is 17.9 Å². The van der Waals surface area contributed by atoms with Crippen molar-refractivity contribution in [3.63, 3.8) is 0 Å². The average Bonchev–Trinajstić information content (AvgIpc) is 3.11. The summed E-state index contributed by atoms with van der Waals surface area (Å²) in [5, 5.41) is 6.89. The van der Waals surface area contributed by atoms with Gasteiger partial charge < -0.3 is 5.32 Å². The van der Waals surface area contributed by atoms with E-state index >= 15 is 0 Å². The fourth-order valence-corrected chi connectivity index (χ4v) is 4.07. The zero-order valence-corrected chi connectivity index (χ0v) is 17.2. The van der Waals surface area contributed by atoms with Gasteiger partial charge in [-0.05, 0) is 61.8 Å². The molecule has 0 unspecified atom stereocenters. The Morgan fingerprint density at radius 3 is 2.52 bits per heavy atom. The van der Waals surface area contributed by atoms with Crippen molar-refractivity contribution < 1.29 is 18.0 Å². The molecule has 0 radical (unpaired) electrons. The van der Waals surface area contributed by atoms with Gasteiger partial charge in [0.2, 0.25) is 5.91 Å². The lowest BCUT2D eigenvalue weighted by molar-refractivity contribution is -0.141. The van der Waals surface area contributed by atoms with E-state index in [9.17, 15) is 18.0 Å². The smallest absolute Gasteiger partial charge is 0.350 e. The predicted molar refractivity (Wildman–Crippen MR) is 106 cm³/mol. The second-order valence-corrected chi connectivity index (χ2v) is 8.42. The van der Waals surface area contributed by atoms with Crippen molar-refractivity contribution in [2.24, 2.45) is 17.8 Å². The zero-order chi connectivity index (χ0) is 21.2. The van der Waals surface area contributed by atoms with Crippen LogP contribution >= 0.6 is 11.6 Å². The molecule has 1 aliphatic carbocycles. The van der Waals surface area contributed by atoms with Gasteiger partial charge in [-0.1, -0.05) is 31.5 Å². The molecule has 4 nitrogen and oxygen atoms in total. The molecular weight excluding hydrogens is 403 g/mol. The molecule has 1 aliphatic rings. The fraction of sp³-hybridized carbons (Fsp3) is 0.524. The summed E-state index contributed by atoms with van der Waals surface area (Å²) in [5.41, 5.74) is -0.335. The van der Waals surface area contributed by atoms with Crippen LogP contribution in [0, 0.1) is 17.8 Å². The van der Waals surface area contributed by atoms with Crippen LogP contribution in [-0.4, -0.2) is 15.7 Å². The molecule has 8 heteroatoms. The highest BCUT2D eigenvalue weighted by atomic mass is 35.5. The van der Waals surface area contributed by atoms with Crippen LogP contribution in [0.15, 0.2) is 30.3 Å². The lowest BCUT2D eigenvalue weighted by atomic mass is 9.77. The van der Waals surface area contributed by atoms with Crippen molar-refractivity contribution in [1.29, 1.82) is 0 Å². The summed E-state index contributed by atoms with van der Waals surface area (Å²) in [5.74, 6) is 1.04. The van der Waals surface area contributed by atoms with Crippen LogP contribution in [0.25, 0.3) is 5.69 Å². The summed E-state index contributed by atoms with van der Waals surface area (Å²) < 4.78 is 40.7. The number of carbonyl (C=O) groups is 1. The van der Waals surface area contributed by atoms with Gasteiger partial charge in [-0.2, -0.15) is 18.3 Å². The normalized spacial score (nSPS) is 20.1. The number of carbonyl (C=O) groups excluding carboxylic acids is 1. The molecule has 1 saturated carbocycles. The quantitative estimate of drug-likeness (QED) is 0.672. The van der Waals surface area contributed by atoms with Gasteiger partial charge in [0, 0.05) is 10.9 Å². The SMILES string of the molecule is CC(C)C1CCC(C(=O)NCc2cc(C(F)(F)F)nn2-c2cccc(Cl)c2)CC1. The Labute approximate surface area is 173 Å². The van der Waals surface area contributed by atoms with Gasteiger partial charge in [0.1, 0.15) is 0 Å². The van der Waals surface area contributed by atoms with Crippen molar-refractivity contribution in [2.75, 3.05) is 0 Å². The van der Waals surface area contributed by atoms with Crippen molar-refractivity contribution in [3.8, 4) is 5.69 Å². The van der Waals surface area contributed by atoms with Crippen molar-refractivity contribution in [1.82, 2.24) is 15.1 Å². The summed E-state index contributed by atoms with van der Waals surface area (Å²) in [4.78, 5) is 12.6. The molecule has 1 aromatic heterocycles. The molecule has 0 bridgehead atoms. The van der Waals surface area contributed by atoms with Crippen molar-refractivity contribution in [3.05, 3.63) is 46.7 Å². The molecule has 1 aromatic carbocycles. The summed E-state index contributed by atoms with van der Waals surface area (Å²) >= 11 is 5.97. The molecule has 0 aliphatic heterocycles. The molecule has 1 amide bonds. The first-order chi connectivity index (χ1) is 13.6. The monoisotopic (exact) mass is 427 g/mol. The molecule has 3 rings (SSSR count). The number of halogens is 4. The third kappa shape index (κ3) is 5.32. The first-order valence-corrected chi connectivity index (χ1v) is 10.2. The summed E-state index contributed by atoms with van der Waals surface area (Å²) in [6.07, 6.45) is -0.924.